The number of nitrogens with zero attached hydrogens (tertiary/aromatic N) is 3. The molecule has 0 atom stereocenters. The van der Waals surface area contributed by atoms with Crippen molar-refractivity contribution in [1.29, 1.82) is 0 Å². The fourth-order valence-electron chi connectivity index (χ4n) is 2.67. The summed E-state index contributed by atoms with van der Waals surface area (Å²) in [5.74, 6) is 2.35. The number of anilines is 2. The average Bonchev–Trinajstić information content (AvgIpc) is 3.34. The largest absolute Gasteiger partial charge is 0.326 e. The molecule has 7 nitrogen and oxygen atoms in total. The van der Waals surface area contributed by atoms with Crippen LogP contribution in [0.2, 0.25) is 0 Å². The fraction of sp³-hybridized carbons (Fsp3) is 0.350. The summed E-state index contributed by atoms with van der Waals surface area (Å²) in [6, 6.07) is 7.21. The first-order valence-corrected chi connectivity index (χ1v) is 9.84. The number of aromatic nitrogens is 1. The van der Waals surface area contributed by atoms with Crippen LogP contribution in [0.1, 0.15) is 36.9 Å². The van der Waals surface area contributed by atoms with Gasteiger partial charge in [-0.1, -0.05) is 12.1 Å². The molecule has 2 aromatic rings. The molecular formula is C20H21N5O2S. The van der Waals surface area contributed by atoms with Crippen molar-refractivity contribution >= 4 is 34.0 Å². The summed E-state index contributed by atoms with van der Waals surface area (Å²) in [4.78, 5) is 28.4. The van der Waals surface area contributed by atoms with Crippen LogP contribution in [0.4, 0.5) is 10.8 Å². The maximum atomic E-state index is 12.1. The van der Waals surface area contributed by atoms with Crippen molar-refractivity contribution in [2.75, 3.05) is 10.6 Å². The number of terminal acetylenes is 1. The van der Waals surface area contributed by atoms with Crippen molar-refractivity contribution in [3.05, 3.63) is 40.9 Å². The summed E-state index contributed by atoms with van der Waals surface area (Å²) in [5, 5.41) is 16.2. The second-order valence-electron chi connectivity index (χ2n) is 6.65. The van der Waals surface area contributed by atoms with E-state index in [9.17, 15) is 9.59 Å². The van der Waals surface area contributed by atoms with Gasteiger partial charge in [0.2, 0.25) is 11.8 Å². The highest BCUT2D eigenvalue weighted by molar-refractivity contribution is 7.13. The van der Waals surface area contributed by atoms with Crippen LogP contribution in [-0.2, 0) is 16.0 Å². The maximum absolute atomic E-state index is 12.1. The first kappa shape index (κ1) is 19.7. The molecule has 0 bridgehead atoms. The van der Waals surface area contributed by atoms with Gasteiger partial charge in [-0.15, -0.1) is 23.7 Å². The first-order chi connectivity index (χ1) is 13.5. The summed E-state index contributed by atoms with van der Waals surface area (Å²) < 4.78 is 0. The summed E-state index contributed by atoms with van der Waals surface area (Å²) in [5.41, 5.74) is 1.97. The van der Waals surface area contributed by atoms with Crippen molar-refractivity contribution in [3.8, 4) is 12.3 Å². The molecule has 1 aromatic carbocycles. The Morgan fingerprint density at radius 1 is 1.14 bits per heavy atom. The van der Waals surface area contributed by atoms with Gasteiger partial charge in [0.05, 0.1) is 12.1 Å². The lowest BCUT2D eigenvalue weighted by Crippen LogP contribution is -2.17. The SMILES string of the molecule is C#CCCC1(CCC(=O)Nc2ccc(CC(=O)Nc3nc(C)cs3)cc2)N=N1. The van der Waals surface area contributed by atoms with Gasteiger partial charge in [0.1, 0.15) is 0 Å². The normalized spacial score (nSPS) is 13.6. The predicted octanol–water partition coefficient (Wildman–Crippen LogP) is 3.93. The Kier molecular flexibility index (Phi) is 6.16. The third-order valence-corrected chi connectivity index (χ3v) is 5.15. The van der Waals surface area contributed by atoms with Gasteiger partial charge in [0, 0.05) is 36.8 Å². The fourth-order valence-corrected chi connectivity index (χ4v) is 3.38. The van der Waals surface area contributed by atoms with Crippen LogP contribution in [0.3, 0.4) is 0 Å². The Morgan fingerprint density at radius 2 is 1.89 bits per heavy atom. The molecule has 1 aliphatic heterocycles. The summed E-state index contributed by atoms with van der Waals surface area (Å²) in [6.45, 7) is 1.88. The zero-order valence-electron chi connectivity index (χ0n) is 15.6. The quantitative estimate of drug-likeness (QED) is 0.630. The smallest absolute Gasteiger partial charge is 0.230 e. The summed E-state index contributed by atoms with van der Waals surface area (Å²) >= 11 is 1.40. The monoisotopic (exact) mass is 395 g/mol. The lowest BCUT2D eigenvalue weighted by molar-refractivity contribution is -0.117. The molecule has 0 unspecified atom stereocenters. The summed E-state index contributed by atoms with van der Waals surface area (Å²) in [6.07, 6.45) is 7.69. The molecule has 28 heavy (non-hydrogen) atoms. The van der Waals surface area contributed by atoms with Crippen molar-refractivity contribution in [1.82, 2.24) is 4.98 Å². The molecule has 3 rings (SSSR count). The molecule has 8 heteroatoms. The van der Waals surface area contributed by atoms with Crippen LogP contribution in [0.5, 0.6) is 0 Å². The van der Waals surface area contributed by atoms with Crippen LogP contribution in [-0.4, -0.2) is 22.5 Å². The standard InChI is InChI=1S/C20H21N5O2S/c1-3-4-10-20(24-25-20)11-9-17(26)22-16-7-5-15(6-8-16)12-18(27)23-19-21-14(2)13-28-19/h1,5-8,13H,4,9-12H2,2H3,(H,22,26)(H,21,23,27). The topological polar surface area (TPSA) is 95.8 Å². The van der Waals surface area contributed by atoms with Gasteiger partial charge in [-0.25, -0.2) is 4.98 Å². The molecular weight excluding hydrogens is 374 g/mol. The maximum Gasteiger partial charge on any atom is 0.230 e. The minimum absolute atomic E-state index is 0.0954. The Hall–Kier alpha value is -3.05. The molecule has 0 aliphatic carbocycles. The van der Waals surface area contributed by atoms with Gasteiger partial charge >= 0.3 is 0 Å². The van der Waals surface area contributed by atoms with Crippen LogP contribution in [0, 0.1) is 19.3 Å². The number of aryl methyl sites for hydroxylation is 1. The third kappa shape index (κ3) is 5.72. The number of rotatable bonds is 9. The number of nitrogens with one attached hydrogen (secondary N) is 2. The third-order valence-electron chi connectivity index (χ3n) is 4.27. The van der Waals surface area contributed by atoms with E-state index in [2.05, 4.69) is 31.8 Å². The molecule has 2 heterocycles. The van der Waals surface area contributed by atoms with E-state index in [4.69, 9.17) is 6.42 Å². The lowest BCUT2D eigenvalue weighted by atomic mass is 10.0. The van der Waals surface area contributed by atoms with Crippen LogP contribution in [0.25, 0.3) is 0 Å². The van der Waals surface area contributed by atoms with Gasteiger partial charge < -0.3 is 10.6 Å². The first-order valence-electron chi connectivity index (χ1n) is 8.96. The van der Waals surface area contributed by atoms with Gasteiger partial charge in [0.15, 0.2) is 10.8 Å². The van der Waals surface area contributed by atoms with E-state index >= 15 is 0 Å². The van der Waals surface area contributed by atoms with Crippen molar-refractivity contribution in [2.24, 2.45) is 10.2 Å². The van der Waals surface area contributed by atoms with E-state index in [0.717, 1.165) is 11.3 Å². The molecule has 0 radical (unpaired) electrons. The number of benzene rings is 1. The Morgan fingerprint density at radius 3 is 2.50 bits per heavy atom. The van der Waals surface area contributed by atoms with E-state index in [1.165, 1.54) is 11.3 Å². The van der Waals surface area contributed by atoms with Gasteiger partial charge in [-0.2, -0.15) is 10.2 Å². The molecule has 1 aromatic heterocycles. The molecule has 144 valence electrons. The number of amides is 2. The average molecular weight is 395 g/mol. The molecule has 0 fully saturated rings. The zero-order chi connectivity index (χ0) is 20.0. The number of carbonyl (C=O) groups is 2. The molecule has 0 spiro atoms. The predicted molar refractivity (Wildman–Crippen MR) is 109 cm³/mol. The molecule has 2 amide bonds. The lowest BCUT2D eigenvalue weighted by Gasteiger charge is -2.09. The van der Waals surface area contributed by atoms with E-state index in [1.54, 1.807) is 12.1 Å². The van der Waals surface area contributed by atoms with E-state index < -0.39 is 5.66 Å². The van der Waals surface area contributed by atoms with Crippen molar-refractivity contribution < 1.29 is 9.59 Å². The Labute approximate surface area is 167 Å². The Balaban J connectivity index is 1.43. The number of thiazole rings is 1. The number of carbonyl (C=O) groups excluding carboxylic acids is 2. The van der Waals surface area contributed by atoms with Crippen LogP contribution in [0.15, 0.2) is 39.9 Å². The second kappa shape index (κ2) is 8.76. The number of hydrogen-bond donors (Lipinski definition) is 2. The molecule has 1 aliphatic rings. The molecule has 0 saturated carbocycles. The van der Waals surface area contributed by atoms with E-state index in [-0.39, 0.29) is 18.2 Å². The molecule has 0 saturated heterocycles. The van der Waals surface area contributed by atoms with Gasteiger partial charge in [-0.05, 0) is 24.6 Å². The molecule has 2 N–H and O–H groups in total. The van der Waals surface area contributed by atoms with Crippen LogP contribution >= 0.6 is 11.3 Å². The highest BCUT2D eigenvalue weighted by atomic mass is 32.1. The summed E-state index contributed by atoms with van der Waals surface area (Å²) in [7, 11) is 0. The minimum atomic E-state index is -0.448. The van der Waals surface area contributed by atoms with Crippen LogP contribution < -0.4 is 10.6 Å². The Bertz CT molecular complexity index is 921. The highest BCUT2D eigenvalue weighted by Gasteiger charge is 2.39. The van der Waals surface area contributed by atoms with E-state index in [1.807, 2.05) is 24.4 Å². The van der Waals surface area contributed by atoms with Crippen molar-refractivity contribution in [2.45, 2.75) is 44.7 Å². The minimum Gasteiger partial charge on any atom is -0.326 e. The van der Waals surface area contributed by atoms with Gasteiger partial charge in [0.25, 0.3) is 0 Å². The number of hydrogen-bond acceptors (Lipinski definition) is 6. The second-order valence-corrected chi connectivity index (χ2v) is 7.51. The van der Waals surface area contributed by atoms with E-state index in [0.29, 0.717) is 36.5 Å². The highest BCUT2D eigenvalue weighted by Crippen LogP contribution is 2.37. The zero-order valence-corrected chi connectivity index (χ0v) is 16.4. The van der Waals surface area contributed by atoms with Gasteiger partial charge in [-0.3, -0.25) is 9.59 Å². The van der Waals surface area contributed by atoms with Crippen molar-refractivity contribution in [3.63, 3.8) is 0 Å².